The van der Waals surface area contributed by atoms with Crippen LogP contribution < -0.4 is 0 Å². The molecule has 0 atom stereocenters. The summed E-state index contributed by atoms with van der Waals surface area (Å²) in [5.41, 5.74) is 1.54. The molecule has 0 N–H and O–H groups in total. The van der Waals surface area contributed by atoms with Gasteiger partial charge in [0.2, 0.25) is 0 Å². The van der Waals surface area contributed by atoms with E-state index in [1.165, 1.54) is 12.1 Å². The van der Waals surface area contributed by atoms with Crippen molar-refractivity contribution in [3.05, 3.63) is 71.3 Å². The Morgan fingerprint density at radius 3 is 2.33 bits per heavy atom. The third kappa shape index (κ3) is 3.44. The van der Waals surface area contributed by atoms with Crippen molar-refractivity contribution in [3.8, 4) is 0 Å². The lowest BCUT2D eigenvalue weighted by molar-refractivity contribution is 0.576. The number of benzene rings is 2. The van der Waals surface area contributed by atoms with E-state index in [1.54, 1.807) is 0 Å². The van der Waals surface area contributed by atoms with E-state index in [0.29, 0.717) is 18.4 Å². The first-order valence-corrected chi connectivity index (χ1v) is 6.05. The lowest BCUT2D eigenvalue weighted by Crippen LogP contribution is -2.05. The molecule has 0 saturated carbocycles. The minimum atomic E-state index is -0.565. The second-order valence-corrected chi connectivity index (χ2v) is 4.69. The fourth-order valence-corrected chi connectivity index (χ4v) is 2.09. The molecule has 18 heavy (non-hydrogen) atoms. The molecule has 0 unspecified atom stereocenters. The largest absolute Gasteiger partial charge is 0.207 e. The van der Waals surface area contributed by atoms with Crippen LogP contribution in [0.5, 0.6) is 0 Å². The second kappa shape index (κ2) is 5.83. The number of hydrogen-bond acceptors (Lipinski definition) is 1. The van der Waals surface area contributed by atoms with Crippen LogP contribution in [0, 0.1) is 11.6 Å². The lowest BCUT2D eigenvalue weighted by atomic mass is 10.0. The summed E-state index contributed by atoms with van der Waals surface area (Å²) in [5, 5.41) is 0. The zero-order chi connectivity index (χ0) is 13.0. The fourth-order valence-electron chi connectivity index (χ4n) is 1.76. The Morgan fingerprint density at radius 2 is 1.67 bits per heavy atom. The van der Waals surface area contributed by atoms with Crippen molar-refractivity contribution < 1.29 is 8.78 Å². The molecule has 0 nitrogen and oxygen atoms in total. The summed E-state index contributed by atoms with van der Waals surface area (Å²) in [6.07, 6.45) is 0.989. The number of hydrogen-bond donors (Lipinski definition) is 0. The van der Waals surface area contributed by atoms with Crippen LogP contribution in [0.1, 0.15) is 11.1 Å². The van der Waals surface area contributed by atoms with Crippen molar-refractivity contribution in [1.29, 1.82) is 0 Å². The Morgan fingerprint density at radius 1 is 0.944 bits per heavy atom. The Bertz CT molecular complexity index is 550. The van der Waals surface area contributed by atoms with E-state index >= 15 is 0 Å². The lowest BCUT2D eigenvalue weighted by Gasteiger charge is -2.05. The molecular formula is C15H12F2S. The quantitative estimate of drug-likeness (QED) is 0.747. The molecule has 0 amide bonds. The van der Waals surface area contributed by atoms with Gasteiger partial charge in [-0.05, 0) is 17.2 Å². The summed E-state index contributed by atoms with van der Waals surface area (Å²) < 4.78 is 26.2. The van der Waals surface area contributed by atoms with Crippen LogP contribution in [0.3, 0.4) is 0 Å². The molecule has 0 saturated heterocycles. The van der Waals surface area contributed by atoms with E-state index in [2.05, 4.69) is 0 Å². The normalized spacial score (nSPS) is 10.3. The molecule has 2 aromatic carbocycles. The fraction of sp³-hybridized carbons (Fsp3) is 0.133. The van der Waals surface area contributed by atoms with Crippen LogP contribution in [0.2, 0.25) is 0 Å². The highest BCUT2D eigenvalue weighted by molar-refractivity contribution is 7.80. The van der Waals surface area contributed by atoms with Gasteiger partial charge in [-0.25, -0.2) is 8.78 Å². The maximum Gasteiger partial charge on any atom is 0.129 e. The average molecular weight is 262 g/mol. The van der Waals surface area contributed by atoms with E-state index in [0.717, 1.165) is 16.5 Å². The second-order valence-electron chi connectivity index (χ2n) is 4.11. The van der Waals surface area contributed by atoms with Gasteiger partial charge in [-0.2, -0.15) is 0 Å². The molecule has 3 heteroatoms. The van der Waals surface area contributed by atoms with Crippen molar-refractivity contribution in [2.24, 2.45) is 0 Å². The van der Waals surface area contributed by atoms with Crippen LogP contribution in [-0.2, 0) is 12.8 Å². The van der Waals surface area contributed by atoms with Gasteiger partial charge in [-0.15, -0.1) is 0 Å². The zero-order valence-corrected chi connectivity index (χ0v) is 10.5. The van der Waals surface area contributed by atoms with Gasteiger partial charge in [0.05, 0.1) is 0 Å². The van der Waals surface area contributed by atoms with Gasteiger partial charge < -0.3 is 0 Å². The molecule has 0 fully saturated rings. The summed E-state index contributed by atoms with van der Waals surface area (Å²) in [6.45, 7) is 0. The van der Waals surface area contributed by atoms with Crippen LogP contribution in [0.15, 0.2) is 48.5 Å². The molecule has 0 spiro atoms. The van der Waals surface area contributed by atoms with Crippen LogP contribution in [-0.4, -0.2) is 4.86 Å². The van der Waals surface area contributed by atoms with Crippen LogP contribution in [0.4, 0.5) is 8.78 Å². The third-order valence-corrected chi connectivity index (χ3v) is 2.94. The van der Waals surface area contributed by atoms with Crippen LogP contribution >= 0.6 is 12.2 Å². The molecule has 2 rings (SSSR count). The van der Waals surface area contributed by atoms with E-state index in [4.69, 9.17) is 12.2 Å². The van der Waals surface area contributed by atoms with E-state index in [-0.39, 0.29) is 0 Å². The Kier molecular flexibility index (Phi) is 4.15. The predicted octanol–water partition coefficient (Wildman–Crippen LogP) is 4.12. The molecule has 0 aliphatic heterocycles. The molecule has 0 aliphatic rings. The minimum Gasteiger partial charge on any atom is -0.207 e. The van der Waals surface area contributed by atoms with Gasteiger partial charge in [0.1, 0.15) is 11.6 Å². The molecule has 0 bridgehead atoms. The highest BCUT2D eigenvalue weighted by Gasteiger charge is 2.07. The Balaban J connectivity index is 2.03. The molecular weight excluding hydrogens is 250 g/mol. The molecule has 92 valence electrons. The number of halogens is 2. The Labute approximate surface area is 110 Å². The van der Waals surface area contributed by atoms with Gasteiger partial charge in [-0.3, -0.25) is 0 Å². The summed E-state index contributed by atoms with van der Waals surface area (Å²) in [4.78, 5) is 0.742. The maximum absolute atomic E-state index is 13.4. The van der Waals surface area contributed by atoms with Gasteiger partial charge in [0, 0.05) is 23.8 Å². The monoisotopic (exact) mass is 262 g/mol. The number of thiocarbonyl (C=S) groups is 1. The van der Waals surface area contributed by atoms with Gasteiger partial charge in [0.15, 0.2) is 0 Å². The van der Waals surface area contributed by atoms with Crippen molar-refractivity contribution in [1.82, 2.24) is 0 Å². The first-order valence-electron chi connectivity index (χ1n) is 5.65. The van der Waals surface area contributed by atoms with Gasteiger partial charge in [-0.1, -0.05) is 48.6 Å². The third-order valence-electron chi connectivity index (χ3n) is 2.65. The summed E-state index contributed by atoms with van der Waals surface area (Å²) >= 11 is 5.25. The first-order chi connectivity index (χ1) is 8.65. The maximum atomic E-state index is 13.4. The molecule has 2 aromatic rings. The summed E-state index contributed by atoms with van der Waals surface area (Å²) in [7, 11) is 0. The van der Waals surface area contributed by atoms with Crippen molar-refractivity contribution >= 4 is 17.1 Å². The average Bonchev–Trinajstić information content (AvgIpc) is 2.34. The molecule has 0 aliphatic carbocycles. The van der Waals surface area contributed by atoms with Crippen LogP contribution in [0.25, 0.3) is 0 Å². The standard InChI is InChI=1S/C15H12F2S/c16-13-7-6-12(15(17)10-13)9-14(18)8-11-4-2-1-3-5-11/h1-7,10H,8-9H2. The van der Waals surface area contributed by atoms with Gasteiger partial charge in [0.25, 0.3) is 0 Å². The van der Waals surface area contributed by atoms with E-state index in [1.807, 2.05) is 30.3 Å². The topological polar surface area (TPSA) is 0 Å². The smallest absolute Gasteiger partial charge is 0.129 e. The van der Waals surface area contributed by atoms with E-state index in [9.17, 15) is 8.78 Å². The first kappa shape index (κ1) is 12.8. The minimum absolute atomic E-state index is 0.357. The van der Waals surface area contributed by atoms with E-state index < -0.39 is 11.6 Å². The van der Waals surface area contributed by atoms with Crippen molar-refractivity contribution in [2.45, 2.75) is 12.8 Å². The van der Waals surface area contributed by atoms with Crippen molar-refractivity contribution in [3.63, 3.8) is 0 Å². The van der Waals surface area contributed by atoms with Gasteiger partial charge >= 0.3 is 0 Å². The Hall–Kier alpha value is -1.61. The number of rotatable bonds is 4. The highest BCUT2D eigenvalue weighted by atomic mass is 32.1. The molecule has 0 radical (unpaired) electrons. The highest BCUT2D eigenvalue weighted by Crippen LogP contribution is 2.12. The SMILES string of the molecule is Fc1ccc(CC(=S)Cc2ccccc2)c(F)c1. The summed E-state index contributed by atoms with van der Waals surface area (Å²) in [5.74, 6) is -1.10. The predicted molar refractivity (Wildman–Crippen MR) is 72.8 cm³/mol. The van der Waals surface area contributed by atoms with Crippen molar-refractivity contribution in [2.75, 3.05) is 0 Å². The molecule has 0 aromatic heterocycles. The zero-order valence-electron chi connectivity index (χ0n) is 9.70. The molecule has 0 heterocycles. The summed E-state index contributed by atoms with van der Waals surface area (Å²) in [6, 6.07) is 13.4.